The van der Waals surface area contributed by atoms with Crippen molar-refractivity contribution in [3.05, 3.63) is 29.8 Å². The first-order valence-electron chi connectivity index (χ1n) is 9.39. The fraction of sp³-hybridized carbons (Fsp3) is 0.632. The molecule has 0 bridgehead atoms. The molecule has 0 radical (unpaired) electrons. The van der Waals surface area contributed by atoms with Gasteiger partial charge < -0.3 is 10.2 Å². The van der Waals surface area contributed by atoms with Gasteiger partial charge in [-0.2, -0.15) is 4.31 Å². The van der Waals surface area contributed by atoms with Crippen LogP contribution in [-0.4, -0.2) is 49.8 Å². The van der Waals surface area contributed by atoms with Crippen molar-refractivity contribution < 1.29 is 13.2 Å². The molecule has 1 fully saturated rings. The Labute approximate surface area is 157 Å². The molecule has 1 aromatic carbocycles. The SMILES string of the molecule is CCN(CC)S(=O)(=O)c1ccc(CNC(=O)N2CC(C)CC(C)C2)cc1. The summed E-state index contributed by atoms with van der Waals surface area (Å²) in [6.45, 7) is 10.9. The molecule has 2 atom stereocenters. The van der Waals surface area contributed by atoms with E-state index in [1.807, 2.05) is 18.7 Å². The predicted octanol–water partition coefficient (Wildman–Crippen LogP) is 2.90. The molecule has 0 aliphatic carbocycles. The molecule has 2 unspecified atom stereocenters. The molecule has 146 valence electrons. The van der Waals surface area contributed by atoms with Gasteiger partial charge in [0.1, 0.15) is 0 Å². The van der Waals surface area contributed by atoms with E-state index in [4.69, 9.17) is 0 Å². The minimum absolute atomic E-state index is 0.0526. The molecule has 7 heteroatoms. The van der Waals surface area contributed by atoms with E-state index in [1.54, 1.807) is 24.3 Å². The molecule has 1 saturated heterocycles. The van der Waals surface area contributed by atoms with Crippen molar-refractivity contribution in [1.82, 2.24) is 14.5 Å². The Morgan fingerprint density at radius 3 is 2.15 bits per heavy atom. The minimum Gasteiger partial charge on any atom is -0.334 e. The fourth-order valence-electron chi connectivity index (χ4n) is 3.61. The summed E-state index contributed by atoms with van der Waals surface area (Å²) >= 11 is 0. The zero-order valence-electron chi connectivity index (χ0n) is 16.2. The van der Waals surface area contributed by atoms with Gasteiger partial charge in [-0.3, -0.25) is 0 Å². The average Bonchev–Trinajstić information content (AvgIpc) is 2.60. The molecule has 0 spiro atoms. The zero-order chi connectivity index (χ0) is 19.3. The van der Waals surface area contributed by atoms with Crippen molar-refractivity contribution in [3.63, 3.8) is 0 Å². The van der Waals surface area contributed by atoms with Crippen molar-refractivity contribution >= 4 is 16.1 Å². The molecule has 2 amide bonds. The molecule has 0 aromatic heterocycles. The fourth-order valence-corrected chi connectivity index (χ4v) is 5.07. The number of urea groups is 1. The lowest BCUT2D eigenvalue weighted by atomic mass is 9.92. The number of nitrogens with one attached hydrogen (secondary N) is 1. The topological polar surface area (TPSA) is 69.7 Å². The van der Waals surface area contributed by atoms with Crippen LogP contribution >= 0.6 is 0 Å². The molecule has 26 heavy (non-hydrogen) atoms. The highest BCUT2D eigenvalue weighted by atomic mass is 32.2. The lowest BCUT2D eigenvalue weighted by Crippen LogP contribution is -2.47. The van der Waals surface area contributed by atoms with Gasteiger partial charge in [0.25, 0.3) is 0 Å². The number of likely N-dealkylation sites (tertiary alicyclic amines) is 1. The number of hydrogen-bond acceptors (Lipinski definition) is 3. The summed E-state index contributed by atoms with van der Waals surface area (Å²) in [6.07, 6.45) is 1.16. The van der Waals surface area contributed by atoms with Crippen LogP contribution in [-0.2, 0) is 16.6 Å². The Balaban J connectivity index is 1.96. The molecular weight excluding hydrogens is 350 g/mol. The van der Waals surface area contributed by atoms with E-state index in [2.05, 4.69) is 19.2 Å². The van der Waals surface area contributed by atoms with Crippen LogP contribution < -0.4 is 5.32 Å². The largest absolute Gasteiger partial charge is 0.334 e. The standard InChI is InChI=1S/C19H31N3O3S/c1-5-22(6-2)26(24,25)18-9-7-17(8-10-18)12-20-19(23)21-13-15(3)11-16(4)14-21/h7-10,15-16H,5-6,11-14H2,1-4H3,(H,20,23). The Morgan fingerprint density at radius 2 is 1.65 bits per heavy atom. The van der Waals surface area contributed by atoms with Crippen LogP contribution in [0.15, 0.2) is 29.2 Å². The maximum Gasteiger partial charge on any atom is 0.317 e. The van der Waals surface area contributed by atoms with E-state index >= 15 is 0 Å². The first-order valence-corrected chi connectivity index (χ1v) is 10.8. The molecular formula is C19H31N3O3S. The van der Waals surface area contributed by atoms with E-state index < -0.39 is 10.0 Å². The zero-order valence-corrected chi connectivity index (χ0v) is 17.1. The van der Waals surface area contributed by atoms with Gasteiger partial charge in [-0.05, 0) is 36.0 Å². The van der Waals surface area contributed by atoms with Crippen LogP contribution in [0.3, 0.4) is 0 Å². The summed E-state index contributed by atoms with van der Waals surface area (Å²) in [6, 6.07) is 6.69. The molecule has 1 aromatic rings. The Bertz CT molecular complexity index is 689. The number of carbonyl (C=O) groups is 1. The van der Waals surface area contributed by atoms with Gasteiger partial charge in [-0.25, -0.2) is 13.2 Å². The summed E-state index contributed by atoms with van der Waals surface area (Å²) in [5.74, 6) is 1.04. The first-order chi connectivity index (χ1) is 12.3. The smallest absolute Gasteiger partial charge is 0.317 e. The van der Waals surface area contributed by atoms with Gasteiger partial charge in [0.05, 0.1) is 4.90 Å². The van der Waals surface area contributed by atoms with Crippen LogP contribution in [0.2, 0.25) is 0 Å². The lowest BCUT2D eigenvalue weighted by Gasteiger charge is -2.34. The van der Waals surface area contributed by atoms with E-state index in [1.165, 1.54) is 4.31 Å². The third kappa shape index (κ3) is 4.98. The maximum atomic E-state index is 12.5. The minimum atomic E-state index is -3.44. The van der Waals surface area contributed by atoms with Crippen LogP contribution in [0.25, 0.3) is 0 Å². The number of sulfonamides is 1. The summed E-state index contributed by atoms with van der Waals surface area (Å²) in [5.41, 5.74) is 0.884. The molecule has 1 N–H and O–H groups in total. The second-order valence-corrected chi connectivity index (χ2v) is 9.18. The van der Waals surface area contributed by atoms with Crippen molar-refractivity contribution in [2.45, 2.75) is 45.6 Å². The molecule has 6 nitrogen and oxygen atoms in total. The van der Waals surface area contributed by atoms with Crippen LogP contribution in [0.4, 0.5) is 4.79 Å². The number of amides is 2. The summed E-state index contributed by atoms with van der Waals surface area (Å²) in [7, 11) is -3.44. The lowest BCUT2D eigenvalue weighted by molar-refractivity contribution is 0.146. The van der Waals surface area contributed by atoms with Gasteiger partial charge in [-0.15, -0.1) is 0 Å². The van der Waals surface area contributed by atoms with Gasteiger partial charge in [-0.1, -0.05) is 39.8 Å². The Hall–Kier alpha value is -1.60. The van der Waals surface area contributed by atoms with Crippen molar-refractivity contribution in [3.8, 4) is 0 Å². The molecule has 1 aliphatic heterocycles. The van der Waals surface area contributed by atoms with Gasteiger partial charge in [0.2, 0.25) is 10.0 Å². The summed E-state index contributed by atoms with van der Waals surface area (Å²) in [4.78, 5) is 14.5. The van der Waals surface area contributed by atoms with E-state index in [9.17, 15) is 13.2 Å². The average molecular weight is 382 g/mol. The first kappa shape index (κ1) is 20.7. The highest BCUT2D eigenvalue weighted by molar-refractivity contribution is 7.89. The monoisotopic (exact) mass is 381 g/mol. The normalized spacial score (nSPS) is 21.0. The number of rotatable bonds is 6. The second kappa shape index (κ2) is 8.86. The third-order valence-corrected chi connectivity index (χ3v) is 6.93. The van der Waals surface area contributed by atoms with Gasteiger partial charge in [0, 0.05) is 32.7 Å². The number of piperidine rings is 1. The highest BCUT2D eigenvalue weighted by Crippen LogP contribution is 2.21. The van der Waals surface area contributed by atoms with Crippen LogP contribution in [0, 0.1) is 11.8 Å². The van der Waals surface area contributed by atoms with Gasteiger partial charge >= 0.3 is 6.03 Å². The number of benzene rings is 1. The molecule has 2 rings (SSSR count). The molecule has 1 heterocycles. The highest BCUT2D eigenvalue weighted by Gasteiger charge is 2.25. The molecule has 1 aliphatic rings. The number of nitrogens with zero attached hydrogens (tertiary/aromatic N) is 2. The predicted molar refractivity (Wildman–Crippen MR) is 103 cm³/mol. The Morgan fingerprint density at radius 1 is 1.12 bits per heavy atom. The van der Waals surface area contributed by atoms with E-state index in [0.717, 1.165) is 25.1 Å². The van der Waals surface area contributed by atoms with E-state index in [-0.39, 0.29) is 10.9 Å². The Kier molecular flexibility index (Phi) is 7.06. The summed E-state index contributed by atoms with van der Waals surface area (Å²) < 4.78 is 26.4. The second-order valence-electron chi connectivity index (χ2n) is 7.24. The van der Waals surface area contributed by atoms with Crippen molar-refractivity contribution in [2.24, 2.45) is 11.8 Å². The van der Waals surface area contributed by atoms with E-state index in [0.29, 0.717) is 31.5 Å². The van der Waals surface area contributed by atoms with Crippen molar-refractivity contribution in [2.75, 3.05) is 26.2 Å². The quantitative estimate of drug-likeness (QED) is 0.824. The molecule has 0 saturated carbocycles. The van der Waals surface area contributed by atoms with Gasteiger partial charge in [0.15, 0.2) is 0 Å². The van der Waals surface area contributed by atoms with Crippen LogP contribution in [0.5, 0.6) is 0 Å². The maximum absolute atomic E-state index is 12.5. The third-order valence-electron chi connectivity index (χ3n) is 4.87. The number of hydrogen-bond donors (Lipinski definition) is 1. The number of carbonyl (C=O) groups excluding carboxylic acids is 1. The van der Waals surface area contributed by atoms with Crippen LogP contribution in [0.1, 0.15) is 39.7 Å². The summed E-state index contributed by atoms with van der Waals surface area (Å²) in [5, 5.41) is 2.94. The van der Waals surface area contributed by atoms with Crippen molar-refractivity contribution in [1.29, 1.82) is 0 Å².